The molecule has 2 aromatic rings. The Kier molecular flexibility index (Phi) is 4.80. The molecule has 0 saturated carbocycles. The molecule has 102 valence electrons. The van der Waals surface area contributed by atoms with Gasteiger partial charge in [-0.15, -0.1) is 0 Å². The fraction of sp³-hybridized carbons (Fsp3) is 0.188. The van der Waals surface area contributed by atoms with Crippen LogP contribution in [0.25, 0.3) is 0 Å². The smallest absolute Gasteiger partial charge is 0.126 e. The third kappa shape index (κ3) is 4.15. The lowest BCUT2D eigenvalue weighted by atomic mass is 10.1. The molecule has 20 heavy (non-hydrogen) atoms. The molecule has 0 atom stereocenters. The van der Waals surface area contributed by atoms with E-state index in [1.807, 2.05) is 12.1 Å². The van der Waals surface area contributed by atoms with Crippen LogP contribution in [-0.2, 0) is 13.0 Å². The van der Waals surface area contributed by atoms with Crippen molar-refractivity contribution < 1.29 is 8.78 Å². The molecule has 0 heterocycles. The number of rotatable bonds is 5. The first-order valence-electron chi connectivity index (χ1n) is 6.32. The van der Waals surface area contributed by atoms with E-state index in [-0.39, 0.29) is 0 Å². The summed E-state index contributed by atoms with van der Waals surface area (Å²) < 4.78 is 26.0. The van der Waals surface area contributed by atoms with E-state index in [2.05, 4.69) is 11.4 Å². The number of nitrogens with zero attached hydrogens (tertiary/aromatic N) is 1. The molecule has 0 aliphatic rings. The zero-order valence-corrected chi connectivity index (χ0v) is 10.9. The summed E-state index contributed by atoms with van der Waals surface area (Å²) in [5.41, 5.74) is 2.33. The van der Waals surface area contributed by atoms with E-state index < -0.39 is 11.6 Å². The zero-order valence-electron chi connectivity index (χ0n) is 10.9. The van der Waals surface area contributed by atoms with Crippen LogP contribution in [0.15, 0.2) is 42.5 Å². The quantitative estimate of drug-likeness (QED) is 0.849. The number of nitrogens with one attached hydrogen (secondary N) is 1. The molecule has 0 saturated heterocycles. The van der Waals surface area contributed by atoms with Gasteiger partial charge in [0.15, 0.2) is 0 Å². The maximum atomic E-state index is 13.0. The van der Waals surface area contributed by atoms with Gasteiger partial charge in [-0.2, -0.15) is 5.26 Å². The number of hydrogen-bond acceptors (Lipinski definition) is 2. The standard InChI is InChI=1S/C16H14F2N2/c17-15-7-14(8-16(18)9-15)5-6-20-11-13-3-1-12(10-19)2-4-13/h1-4,7-9,20H,5-6,11H2. The second-order valence-electron chi connectivity index (χ2n) is 4.51. The molecule has 2 nitrogen and oxygen atoms in total. The van der Waals surface area contributed by atoms with Gasteiger partial charge in [0.05, 0.1) is 11.6 Å². The number of hydrogen-bond donors (Lipinski definition) is 1. The van der Waals surface area contributed by atoms with Crippen molar-refractivity contribution in [3.05, 3.63) is 70.8 Å². The lowest BCUT2D eigenvalue weighted by Gasteiger charge is -2.06. The summed E-state index contributed by atoms with van der Waals surface area (Å²) in [5, 5.41) is 11.9. The summed E-state index contributed by atoms with van der Waals surface area (Å²) in [5.74, 6) is -1.10. The molecule has 4 heteroatoms. The third-order valence-corrected chi connectivity index (χ3v) is 2.92. The first kappa shape index (κ1) is 14.2. The van der Waals surface area contributed by atoms with Crippen LogP contribution in [0.4, 0.5) is 8.78 Å². The van der Waals surface area contributed by atoms with Gasteiger partial charge in [-0.1, -0.05) is 12.1 Å². The van der Waals surface area contributed by atoms with Gasteiger partial charge in [-0.05, 0) is 48.4 Å². The number of nitriles is 1. The van der Waals surface area contributed by atoms with E-state index in [9.17, 15) is 8.78 Å². The highest BCUT2D eigenvalue weighted by Crippen LogP contribution is 2.08. The Morgan fingerprint density at radius 1 is 0.950 bits per heavy atom. The van der Waals surface area contributed by atoms with Gasteiger partial charge in [-0.3, -0.25) is 0 Å². The van der Waals surface area contributed by atoms with Gasteiger partial charge in [0.2, 0.25) is 0 Å². The maximum absolute atomic E-state index is 13.0. The van der Waals surface area contributed by atoms with E-state index >= 15 is 0 Å². The van der Waals surface area contributed by atoms with Gasteiger partial charge in [0, 0.05) is 12.6 Å². The van der Waals surface area contributed by atoms with Crippen molar-refractivity contribution >= 4 is 0 Å². The molecular weight excluding hydrogens is 258 g/mol. The maximum Gasteiger partial charge on any atom is 0.126 e. The van der Waals surface area contributed by atoms with Gasteiger partial charge in [0.25, 0.3) is 0 Å². The molecule has 1 N–H and O–H groups in total. The van der Waals surface area contributed by atoms with E-state index in [1.165, 1.54) is 12.1 Å². The molecular formula is C16H14F2N2. The minimum atomic E-state index is -0.549. The Labute approximate surface area is 116 Å². The Hall–Kier alpha value is -2.25. The van der Waals surface area contributed by atoms with Gasteiger partial charge in [0.1, 0.15) is 11.6 Å². The normalized spacial score (nSPS) is 10.2. The van der Waals surface area contributed by atoms with Crippen molar-refractivity contribution in [3.8, 4) is 6.07 Å². The van der Waals surface area contributed by atoms with E-state index in [0.717, 1.165) is 11.6 Å². The van der Waals surface area contributed by atoms with Crippen LogP contribution < -0.4 is 5.32 Å². The Balaban J connectivity index is 1.79. The van der Waals surface area contributed by atoms with Crippen LogP contribution in [0.5, 0.6) is 0 Å². The van der Waals surface area contributed by atoms with Crippen molar-refractivity contribution in [2.45, 2.75) is 13.0 Å². The lowest BCUT2D eigenvalue weighted by Crippen LogP contribution is -2.16. The molecule has 0 fully saturated rings. The van der Waals surface area contributed by atoms with Crippen LogP contribution in [0.2, 0.25) is 0 Å². The SMILES string of the molecule is N#Cc1ccc(CNCCc2cc(F)cc(F)c2)cc1. The van der Waals surface area contributed by atoms with Crippen LogP contribution in [-0.4, -0.2) is 6.54 Å². The van der Waals surface area contributed by atoms with Crippen molar-refractivity contribution in [1.82, 2.24) is 5.32 Å². The van der Waals surface area contributed by atoms with Crippen LogP contribution in [0.3, 0.4) is 0 Å². The summed E-state index contributed by atoms with van der Waals surface area (Å²) in [6.07, 6.45) is 0.560. The lowest BCUT2D eigenvalue weighted by molar-refractivity contribution is 0.577. The minimum Gasteiger partial charge on any atom is -0.312 e. The van der Waals surface area contributed by atoms with Crippen LogP contribution >= 0.6 is 0 Å². The largest absolute Gasteiger partial charge is 0.312 e. The second-order valence-corrected chi connectivity index (χ2v) is 4.51. The summed E-state index contributed by atoms with van der Waals surface area (Å²) >= 11 is 0. The zero-order chi connectivity index (χ0) is 14.4. The first-order valence-corrected chi connectivity index (χ1v) is 6.32. The highest BCUT2D eigenvalue weighted by Gasteiger charge is 2.00. The van der Waals surface area contributed by atoms with Crippen molar-refractivity contribution in [2.75, 3.05) is 6.54 Å². The first-order chi connectivity index (χ1) is 9.67. The van der Waals surface area contributed by atoms with Gasteiger partial charge < -0.3 is 5.32 Å². The Morgan fingerprint density at radius 3 is 2.20 bits per heavy atom. The van der Waals surface area contributed by atoms with Crippen LogP contribution in [0, 0.1) is 23.0 Å². The summed E-state index contributed by atoms with van der Waals surface area (Å²) in [6, 6.07) is 12.9. The van der Waals surface area contributed by atoms with Crippen molar-refractivity contribution in [2.24, 2.45) is 0 Å². The van der Waals surface area contributed by atoms with Crippen LogP contribution in [0.1, 0.15) is 16.7 Å². The molecule has 0 aliphatic carbocycles. The molecule has 0 radical (unpaired) electrons. The van der Waals surface area contributed by atoms with Crippen molar-refractivity contribution in [3.63, 3.8) is 0 Å². The van der Waals surface area contributed by atoms with Gasteiger partial charge in [-0.25, -0.2) is 8.78 Å². The Bertz CT molecular complexity index is 595. The Morgan fingerprint density at radius 2 is 1.60 bits per heavy atom. The highest BCUT2D eigenvalue weighted by atomic mass is 19.1. The predicted molar refractivity (Wildman–Crippen MR) is 72.9 cm³/mol. The molecule has 0 amide bonds. The number of benzene rings is 2. The molecule has 2 aromatic carbocycles. The second kappa shape index (κ2) is 6.78. The van der Waals surface area contributed by atoms with Gasteiger partial charge >= 0.3 is 0 Å². The monoisotopic (exact) mass is 272 g/mol. The van der Waals surface area contributed by atoms with E-state index in [4.69, 9.17) is 5.26 Å². The average Bonchev–Trinajstić information content (AvgIpc) is 2.43. The number of halogens is 2. The third-order valence-electron chi connectivity index (χ3n) is 2.92. The van der Waals surface area contributed by atoms with Crippen molar-refractivity contribution in [1.29, 1.82) is 5.26 Å². The molecule has 0 aromatic heterocycles. The molecule has 2 rings (SSSR count). The fourth-order valence-corrected chi connectivity index (χ4v) is 1.92. The summed E-state index contributed by atoms with van der Waals surface area (Å²) in [7, 11) is 0. The molecule has 0 bridgehead atoms. The molecule has 0 unspecified atom stereocenters. The highest BCUT2D eigenvalue weighted by molar-refractivity contribution is 5.31. The minimum absolute atomic E-state index is 0.549. The summed E-state index contributed by atoms with van der Waals surface area (Å²) in [6.45, 7) is 1.28. The van der Waals surface area contributed by atoms with E-state index in [0.29, 0.717) is 30.6 Å². The predicted octanol–water partition coefficient (Wildman–Crippen LogP) is 3.17. The average molecular weight is 272 g/mol. The molecule has 0 aliphatic heterocycles. The molecule has 0 spiro atoms. The van der Waals surface area contributed by atoms with E-state index in [1.54, 1.807) is 12.1 Å². The fourth-order valence-electron chi connectivity index (χ4n) is 1.92. The topological polar surface area (TPSA) is 35.8 Å². The summed E-state index contributed by atoms with van der Waals surface area (Å²) in [4.78, 5) is 0.